The van der Waals surface area contributed by atoms with Gasteiger partial charge in [0.25, 0.3) is 0 Å². The van der Waals surface area contributed by atoms with Crippen LogP contribution in [0.15, 0.2) is 65.7 Å². The molecule has 2 aromatic rings. The molecule has 1 heterocycles. The third-order valence-electron chi connectivity index (χ3n) is 14.2. The molecule has 2 saturated carbocycles. The Hall–Kier alpha value is -6.42. The summed E-state index contributed by atoms with van der Waals surface area (Å²) >= 11 is 0. The highest BCUT2D eigenvalue weighted by Crippen LogP contribution is 2.64. The summed E-state index contributed by atoms with van der Waals surface area (Å²) in [6.07, 6.45) is -13.1. The summed E-state index contributed by atoms with van der Waals surface area (Å²) in [5.74, 6) is -10.2. The van der Waals surface area contributed by atoms with Gasteiger partial charge in [-0.2, -0.15) is 0 Å². The van der Waals surface area contributed by atoms with Crippen LogP contribution in [0.3, 0.4) is 0 Å². The summed E-state index contributed by atoms with van der Waals surface area (Å²) in [6.45, 7) is 11.3. The van der Waals surface area contributed by atoms with Crippen LogP contribution in [0.5, 0.6) is 0 Å². The van der Waals surface area contributed by atoms with Crippen molar-refractivity contribution in [3.05, 3.63) is 82.7 Å². The van der Waals surface area contributed by atoms with Crippen LogP contribution in [-0.2, 0) is 76.8 Å². The van der Waals surface area contributed by atoms with Gasteiger partial charge in [0.1, 0.15) is 53.9 Å². The minimum Gasteiger partial charge on any atom is -0.748 e. The standard InChI is InChI=1S/C51H63FN2O19.CH4O3S/c1-10-66-44(62)30(53)20-34(57)67-23-35(58)70-39(37(28-17-14-18-29(52)19-28)54-46(64)73-47(4,5)6)45(63)69-31-22-51(65)42(71-43(61)27-15-12-11-13-16-27)40-49(9,41(60)38(59)36(25(31)2)48(51,7)8)32(56)21-33-50(40,24-68-33)72-26(3)55;1-5(2,3)4/h11-19,30-33,37-40,42,56,59,65H,10,20-24,53H2,1-9H3,(H,54,64);1H3,(H,2,3,4)/t30-,31-,32-,33+,37-,38+,39+,40-,42-,49+,50-,51+;/m0./s1. The van der Waals surface area contributed by atoms with E-state index in [1.54, 1.807) is 25.1 Å². The van der Waals surface area contributed by atoms with Gasteiger partial charge in [-0.15, -0.1) is 0 Å². The van der Waals surface area contributed by atoms with Crippen molar-refractivity contribution in [1.82, 2.24) is 5.32 Å². The first-order chi connectivity index (χ1) is 36.0. The topological polar surface area (TPSA) is 368 Å². The molecule has 2 bridgehead atoms. The summed E-state index contributed by atoms with van der Waals surface area (Å²) in [6, 6.07) is 8.98. The van der Waals surface area contributed by atoms with Crippen molar-refractivity contribution in [2.45, 2.75) is 147 Å². The van der Waals surface area contributed by atoms with Gasteiger partial charge in [0, 0.05) is 31.4 Å². The molecule has 3 aliphatic carbocycles. The molecule has 0 aromatic heterocycles. The monoisotopic (exact) mass is 1120 g/mol. The first kappa shape index (κ1) is 62.4. The van der Waals surface area contributed by atoms with E-state index in [9.17, 15) is 44.1 Å². The fourth-order valence-corrected chi connectivity index (χ4v) is 10.6. The van der Waals surface area contributed by atoms with Crippen molar-refractivity contribution in [2.24, 2.45) is 16.7 Å². The van der Waals surface area contributed by atoms with Gasteiger partial charge >= 0.3 is 41.9 Å². The molecular formula is C52H67FN2O22S. The Balaban J connectivity index is 0.00000214. The summed E-state index contributed by atoms with van der Waals surface area (Å²) in [5.41, 5.74) is -6.36. The number of aliphatic hydroxyl groups excluding tert-OH is 2. The number of amides is 1. The van der Waals surface area contributed by atoms with Crippen molar-refractivity contribution < 1.29 is 115 Å². The lowest BCUT2D eigenvalue weighted by molar-refractivity contribution is -0.407. The van der Waals surface area contributed by atoms with Crippen LogP contribution in [0.1, 0.15) is 104 Å². The third kappa shape index (κ3) is 13.5. The molecule has 7 N–H and O–H groups in total. The Labute approximate surface area is 449 Å². The minimum atomic E-state index is -3.92. The quantitative estimate of drug-likeness (QED) is 0.0724. The highest BCUT2D eigenvalue weighted by Gasteiger charge is 2.78. The number of hydrogen-bond donors (Lipinski definition) is 5. The number of carbonyl (C=O) groups excluding carboxylic acids is 8. The van der Waals surface area contributed by atoms with Gasteiger partial charge in [0.15, 0.2) is 24.0 Å². The maximum absolute atomic E-state index is 15.2. The van der Waals surface area contributed by atoms with E-state index < -0.39 is 165 Å². The lowest BCUT2D eigenvalue weighted by atomic mass is 9.44. The number of rotatable bonds is 15. The van der Waals surface area contributed by atoms with Crippen LogP contribution < -0.4 is 11.1 Å². The maximum Gasteiger partial charge on any atom is 0.408 e. The first-order valence-electron chi connectivity index (χ1n) is 24.6. The molecule has 0 radical (unpaired) electrons. The Kier molecular flexibility index (Phi) is 19.1. The van der Waals surface area contributed by atoms with E-state index in [1.165, 1.54) is 72.7 Å². The maximum atomic E-state index is 15.2. The van der Waals surface area contributed by atoms with Crippen LogP contribution in [0.2, 0.25) is 0 Å². The average molecular weight is 1120 g/mol. The molecule has 0 spiro atoms. The van der Waals surface area contributed by atoms with Crippen molar-refractivity contribution in [2.75, 3.05) is 26.1 Å². The van der Waals surface area contributed by atoms with E-state index in [4.69, 9.17) is 50.9 Å². The van der Waals surface area contributed by atoms with E-state index in [-0.39, 0.29) is 41.9 Å². The van der Waals surface area contributed by atoms with E-state index >= 15 is 14.0 Å². The van der Waals surface area contributed by atoms with Crippen molar-refractivity contribution in [3.63, 3.8) is 0 Å². The number of benzene rings is 2. The molecule has 1 aliphatic heterocycles. The molecule has 1 saturated heterocycles. The van der Waals surface area contributed by atoms with Crippen molar-refractivity contribution in [1.29, 1.82) is 0 Å². The molecular weight excluding hydrogens is 1060 g/mol. The number of halogens is 1. The van der Waals surface area contributed by atoms with Crippen LogP contribution in [0.25, 0.3) is 0 Å². The number of Topliss-reactive ketones (excluding diaryl/α,β-unsaturated/α-hetero) is 1. The van der Waals surface area contributed by atoms with Gasteiger partial charge in [-0.25, -0.2) is 36.8 Å². The molecule has 0 unspecified atom stereocenters. The largest absolute Gasteiger partial charge is 0.748 e. The van der Waals surface area contributed by atoms with Gasteiger partial charge in [0.05, 0.1) is 46.3 Å². The Morgan fingerprint density at radius 1 is 0.962 bits per heavy atom. The van der Waals surface area contributed by atoms with Crippen molar-refractivity contribution >= 4 is 57.8 Å². The number of fused-ring (bicyclic) bond motifs is 5. The molecule has 12 atom stereocenters. The number of ketones is 1. The Morgan fingerprint density at radius 2 is 1.59 bits per heavy atom. The number of ether oxygens (including phenoxy) is 8. The van der Waals surface area contributed by atoms with Gasteiger partial charge in [-0.05, 0) is 82.5 Å². The average Bonchev–Trinajstić information content (AvgIpc) is 3.32. The van der Waals surface area contributed by atoms with Crippen molar-refractivity contribution in [3.8, 4) is 0 Å². The fourth-order valence-electron chi connectivity index (χ4n) is 10.6. The minimum absolute atomic E-state index is 0.000218. The molecule has 78 heavy (non-hydrogen) atoms. The Bertz CT molecular complexity index is 2780. The zero-order chi connectivity index (χ0) is 58.7. The van der Waals surface area contributed by atoms with Gasteiger partial charge < -0.3 is 68.8 Å². The second-order valence-corrected chi connectivity index (χ2v) is 22.6. The highest BCUT2D eigenvalue weighted by molar-refractivity contribution is 7.84. The Morgan fingerprint density at radius 3 is 2.14 bits per heavy atom. The highest BCUT2D eigenvalue weighted by atomic mass is 32.2. The van der Waals surface area contributed by atoms with Crippen LogP contribution >= 0.6 is 0 Å². The lowest BCUT2D eigenvalue weighted by Gasteiger charge is -2.67. The van der Waals surface area contributed by atoms with Gasteiger partial charge in [0.2, 0.25) is 6.10 Å². The summed E-state index contributed by atoms with van der Waals surface area (Å²) in [7, 11) is -3.92. The number of quaternary nitrogens is 1. The lowest BCUT2D eigenvalue weighted by Crippen LogP contribution is -2.81. The summed E-state index contributed by atoms with van der Waals surface area (Å²) in [5, 5.41) is 40.5. The molecule has 24 nitrogen and oxygen atoms in total. The predicted molar refractivity (Wildman–Crippen MR) is 262 cm³/mol. The van der Waals surface area contributed by atoms with Crippen LogP contribution in [-0.4, -0.2) is 162 Å². The van der Waals surface area contributed by atoms with Gasteiger partial charge in [-0.1, -0.05) is 44.2 Å². The zero-order valence-corrected chi connectivity index (χ0v) is 45.5. The molecule has 3 fully saturated rings. The van der Waals surface area contributed by atoms with Crippen LogP contribution in [0, 0.1) is 22.6 Å². The summed E-state index contributed by atoms with van der Waals surface area (Å²) < 4.78 is 87.6. The third-order valence-corrected chi connectivity index (χ3v) is 14.2. The predicted octanol–water partition coefficient (Wildman–Crippen LogP) is 1.22. The first-order valence-corrected chi connectivity index (χ1v) is 26.5. The SMILES string of the molecule is CCOC(=O)[C@@H]([NH3+])CC(=O)OCC(=O)O[C@@H](C(=O)O[C@H]1C[C@@]2(O)[C@@H](OC(=O)c3ccccc3)[C@@H]3[C@]4(OC(C)=O)CO[C@@H]4C[C@H](O)[C@@]3(C)C(=O)[C@H](O)C(=C1C)C2(C)C)[C@@H](NC(=O)OC(C)(C)C)c1cccc(F)c1.CS(=O)(=O)[O-]. The fraction of sp³-hybridized carbons (Fsp3) is 0.577. The number of nitrogens with one attached hydrogen (secondary N) is 1. The molecule has 6 rings (SSSR count). The number of carbonyl (C=O) groups is 8. The summed E-state index contributed by atoms with van der Waals surface area (Å²) in [4.78, 5) is 110. The smallest absolute Gasteiger partial charge is 0.408 e. The second-order valence-electron chi connectivity index (χ2n) is 21.2. The normalized spacial score (nSPS) is 28.2. The number of alkyl carbamates (subject to hydrolysis) is 1. The number of esters is 6. The van der Waals surface area contributed by atoms with E-state index in [0.29, 0.717) is 6.26 Å². The molecule has 4 aliphatic rings. The molecule has 26 heteroatoms. The molecule has 430 valence electrons. The number of hydrogen-bond acceptors (Lipinski definition) is 22. The van der Waals surface area contributed by atoms with E-state index in [0.717, 1.165) is 19.1 Å². The second kappa shape index (κ2) is 23.9. The zero-order valence-electron chi connectivity index (χ0n) is 44.7. The molecule has 2 aromatic carbocycles. The van der Waals surface area contributed by atoms with Gasteiger partial charge in [-0.3, -0.25) is 14.4 Å². The molecule has 1 amide bonds. The number of aliphatic hydroxyl groups is 3. The van der Waals surface area contributed by atoms with E-state index in [2.05, 4.69) is 11.1 Å². The van der Waals surface area contributed by atoms with E-state index in [1.807, 2.05) is 0 Å². The van der Waals surface area contributed by atoms with Crippen LogP contribution in [0.4, 0.5) is 9.18 Å².